The van der Waals surface area contributed by atoms with Crippen LogP contribution in [0.5, 0.6) is 0 Å². The maximum Gasteiger partial charge on any atom is 0.170 e. The lowest BCUT2D eigenvalue weighted by atomic mass is 9.87. The predicted molar refractivity (Wildman–Crippen MR) is 109 cm³/mol. The molecule has 2 aromatic rings. The van der Waals surface area contributed by atoms with Gasteiger partial charge in [0, 0.05) is 12.2 Å². The Kier molecular flexibility index (Phi) is 6.00. The van der Waals surface area contributed by atoms with Gasteiger partial charge in [-0.1, -0.05) is 56.7 Å². The molecular weight excluding hydrogens is 312 g/mol. The van der Waals surface area contributed by atoms with Crippen LogP contribution in [0.25, 0.3) is 0 Å². The summed E-state index contributed by atoms with van der Waals surface area (Å²) in [6.45, 7) is 11.8. The first-order valence-corrected chi connectivity index (χ1v) is 8.88. The Hall–Kier alpha value is -1.87. The number of rotatable bonds is 4. The third kappa shape index (κ3) is 5.34. The molecular formula is C21H28N2S. The van der Waals surface area contributed by atoms with Crippen molar-refractivity contribution in [1.82, 2.24) is 5.32 Å². The van der Waals surface area contributed by atoms with Gasteiger partial charge in [0.1, 0.15) is 0 Å². The fourth-order valence-corrected chi connectivity index (χ4v) is 2.89. The van der Waals surface area contributed by atoms with E-state index in [1.165, 1.54) is 22.3 Å². The molecule has 3 heteroatoms. The third-order valence-electron chi connectivity index (χ3n) is 4.19. The molecule has 0 aliphatic heterocycles. The van der Waals surface area contributed by atoms with Gasteiger partial charge >= 0.3 is 0 Å². The van der Waals surface area contributed by atoms with E-state index in [9.17, 15) is 0 Å². The van der Waals surface area contributed by atoms with Crippen LogP contribution in [-0.4, -0.2) is 11.7 Å². The van der Waals surface area contributed by atoms with Crippen molar-refractivity contribution >= 4 is 23.0 Å². The summed E-state index contributed by atoms with van der Waals surface area (Å²) in [5, 5.41) is 7.21. The van der Waals surface area contributed by atoms with Crippen molar-refractivity contribution in [3.63, 3.8) is 0 Å². The Morgan fingerprint density at radius 3 is 2.25 bits per heavy atom. The zero-order chi connectivity index (χ0) is 17.7. The fourth-order valence-electron chi connectivity index (χ4n) is 2.67. The molecule has 0 fully saturated rings. The topological polar surface area (TPSA) is 24.1 Å². The normalized spacial score (nSPS) is 11.2. The molecule has 2 nitrogen and oxygen atoms in total. The van der Waals surface area contributed by atoms with Crippen molar-refractivity contribution in [2.45, 2.75) is 46.5 Å². The lowest BCUT2D eigenvalue weighted by Gasteiger charge is -2.19. The largest absolute Gasteiger partial charge is 0.362 e. The summed E-state index contributed by atoms with van der Waals surface area (Å²) in [6, 6.07) is 15.1. The number of thiocarbonyl (C=S) groups is 1. The highest BCUT2D eigenvalue weighted by atomic mass is 32.1. The van der Waals surface area contributed by atoms with Crippen molar-refractivity contribution in [3.05, 3.63) is 64.7 Å². The average Bonchev–Trinajstić information content (AvgIpc) is 2.49. The van der Waals surface area contributed by atoms with Crippen molar-refractivity contribution in [2.75, 3.05) is 11.9 Å². The monoisotopic (exact) mass is 340 g/mol. The van der Waals surface area contributed by atoms with Crippen LogP contribution < -0.4 is 10.6 Å². The summed E-state index contributed by atoms with van der Waals surface area (Å²) in [4.78, 5) is 0. The summed E-state index contributed by atoms with van der Waals surface area (Å²) in [6.07, 6.45) is 0.969. The molecule has 0 bridgehead atoms. The summed E-state index contributed by atoms with van der Waals surface area (Å²) in [5.74, 6) is 0. The van der Waals surface area contributed by atoms with Gasteiger partial charge in [-0.3, -0.25) is 0 Å². The van der Waals surface area contributed by atoms with Crippen molar-refractivity contribution < 1.29 is 0 Å². The van der Waals surface area contributed by atoms with Crippen LogP contribution >= 0.6 is 12.2 Å². The van der Waals surface area contributed by atoms with Crippen LogP contribution in [0.2, 0.25) is 0 Å². The Balaban J connectivity index is 1.83. The summed E-state index contributed by atoms with van der Waals surface area (Å²) in [5.41, 5.74) is 6.52. The second-order valence-corrected chi connectivity index (χ2v) is 7.80. The molecule has 2 aromatic carbocycles. The number of hydrogen-bond donors (Lipinski definition) is 2. The Labute approximate surface area is 151 Å². The summed E-state index contributed by atoms with van der Waals surface area (Å²) >= 11 is 5.39. The van der Waals surface area contributed by atoms with Crippen LogP contribution in [0.15, 0.2) is 42.5 Å². The van der Waals surface area contributed by atoms with E-state index in [-0.39, 0.29) is 5.41 Å². The average molecular weight is 341 g/mol. The quantitative estimate of drug-likeness (QED) is 0.755. The fraction of sp³-hybridized carbons (Fsp3) is 0.381. The summed E-state index contributed by atoms with van der Waals surface area (Å²) in [7, 11) is 0. The molecule has 0 aliphatic rings. The van der Waals surface area contributed by atoms with Gasteiger partial charge in [0.05, 0.1) is 0 Å². The minimum absolute atomic E-state index is 0.170. The molecule has 0 radical (unpaired) electrons. The van der Waals surface area contributed by atoms with Crippen LogP contribution in [0, 0.1) is 13.8 Å². The van der Waals surface area contributed by atoms with Crippen LogP contribution in [-0.2, 0) is 11.8 Å². The van der Waals surface area contributed by atoms with Gasteiger partial charge in [-0.05, 0) is 66.7 Å². The first kappa shape index (κ1) is 18.5. The highest BCUT2D eigenvalue weighted by Crippen LogP contribution is 2.23. The highest BCUT2D eigenvalue weighted by Gasteiger charge is 2.12. The van der Waals surface area contributed by atoms with Gasteiger partial charge in [0.15, 0.2) is 5.11 Å². The molecule has 128 valence electrons. The van der Waals surface area contributed by atoms with E-state index in [0.717, 1.165) is 18.7 Å². The summed E-state index contributed by atoms with van der Waals surface area (Å²) < 4.78 is 0. The van der Waals surface area contributed by atoms with E-state index in [2.05, 4.69) is 87.7 Å². The van der Waals surface area contributed by atoms with Crippen LogP contribution in [0.3, 0.4) is 0 Å². The smallest absolute Gasteiger partial charge is 0.170 e. The van der Waals surface area contributed by atoms with E-state index in [1.807, 2.05) is 0 Å². The number of nitrogens with one attached hydrogen (secondary N) is 2. The maximum atomic E-state index is 5.39. The zero-order valence-corrected chi connectivity index (χ0v) is 16.2. The Bertz CT molecular complexity index is 697. The highest BCUT2D eigenvalue weighted by molar-refractivity contribution is 7.80. The molecule has 0 aromatic heterocycles. The standard InChI is InChI=1S/C21H28N2S/c1-15-6-7-17(16(2)14-15)12-13-22-20(24)23-19-10-8-18(9-11-19)21(3,4)5/h6-11,14H,12-13H2,1-5H3,(H2,22,23,24). The molecule has 0 heterocycles. The molecule has 0 saturated carbocycles. The molecule has 2 rings (SSSR count). The Morgan fingerprint density at radius 1 is 1.00 bits per heavy atom. The maximum absolute atomic E-state index is 5.39. The minimum atomic E-state index is 0.170. The third-order valence-corrected chi connectivity index (χ3v) is 4.43. The Morgan fingerprint density at radius 2 is 1.67 bits per heavy atom. The second-order valence-electron chi connectivity index (χ2n) is 7.39. The SMILES string of the molecule is Cc1ccc(CCNC(=S)Nc2ccc(C(C)(C)C)cc2)c(C)c1. The number of anilines is 1. The minimum Gasteiger partial charge on any atom is -0.362 e. The van der Waals surface area contributed by atoms with Gasteiger partial charge in [-0.25, -0.2) is 0 Å². The lowest BCUT2D eigenvalue weighted by molar-refractivity contribution is 0.590. The molecule has 24 heavy (non-hydrogen) atoms. The van der Waals surface area contributed by atoms with E-state index in [0.29, 0.717) is 5.11 Å². The molecule has 0 unspecified atom stereocenters. The van der Waals surface area contributed by atoms with E-state index in [4.69, 9.17) is 12.2 Å². The van der Waals surface area contributed by atoms with Gasteiger partial charge in [0.25, 0.3) is 0 Å². The lowest BCUT2D eigenvalue weighted by Crippen LogP contribution is -2.30. The van der Waals surface area contributed by atoms with Crippen LogP contribution in [0.4, 0.5) is 5.69 Å². The van der Waals surface area contributed by atoms with Gasteiger partial charge in [0.2, 0.25) is 0 Å². The van der Waals surface area contributed by atoms with Gasteiger partial charge in [-0.15, -0.1) is 0 Å². The second kappa shape index (κ2) is 7.80. The number of benzene rings is 2. The van der Waals surface area contributed by atoms with E-state index < -0.39 is 0 Å². The molecule has 0 saturated heterocycles. The first-order valence-electron chi connectivity index (χ1n) is 8.47. The molecule has 0 atom stereocenters. The number of hydrogen-bond acceptors (Lipinski definition) is 1. The van der Waals surface area contributed by atoms with Crippen molar-refractivity contribution in [1.29, 1.82) is 0 Å². The molecule has 2 N–H and O–H groups in total. The van der Waals surface area contributed by atoms with E-state index >= 15 is 0 Å². The molecule has 0 amide bonds. The van der Waals surface area contributed by atoms with Crippen molar-refractivity contribution in [3.8, 4) is 0 Å². The zero-order valence-electron chi connectivity index (χ0n) is 15.4. The number of aryl methyl sites for hydroxylation is 2. The molecule has 0 aliphatic carbocycles. The van der Waals surface area contributed by atoms with Gasteiger partial charge in [-0.2, -0.15) is 0 Å². The molecule has 0 spiro atoms. The predicted octanol–water partition coefficient (Wildman–Crippen LogP) is 5.13. The first-order chi connectivity index (χ1) is 11.3. The van der Waals surface area contributed by atoms with Crippen molar-refractivity contribution in [2.24, 2.45) is 0 Å². The van der Waals surface area contributed by atoms with E-state index in [1.54, 1.807) is 0 Å². The van der Waals surface area contributed by atoms with Gasteiger partial charge < -0.3 is 10.6 Å². The van der Waals surface area contributed by atoms with Crippen LogP contribution in [0.1, 0.15) is 43.0 Å².